The second-order valence-electron chi connectivity index (χ2n) is 6.79. The van der Waals surface area contributed by atoms with Gasteiger partial charge in [0.2, 0.25) is 5.91 Å². The third-order valence-electron chi connectivity index (χ3n) is 4.93. The van der Waals surface area contributed by atoms with Crippen LogP contribution in [0, 0.1) is 5.82 Å². The third-order valence-corrected chi connectivity index (χ3v) is 4.93. The van der Waals surface area contributed by atoms with E-state index in [0.717, 1.165) is 25.9 Å². The van der Waals surface area contributed by atoms with Gasteiger partial charge in [0.05, 0.1) is 25.7 Å². The number of carbonyl (C=O) groups is 2. The summed E-state index contributed by atoms with van der Waals surface area (Å²) in [6.45, 7) is 4.02. The number of hydrogen-bond donors (Lipinski definition) is 1. The van der Waals surface area contributed by atoms with Crippen molar-refractivity contribution >= 4 is 12.4 Å². The van der Waals surface area contributed by atoms with Crippen LogP contribution in [0.2, 0.25) is 0 Å². The van der Waals surface area contributed by atoms with Crippen LogP contribution in [0.25, 0.3) is 0 Å². The molecule has 0 radical (unpaired) electrons. The van der Waals surface area contributed by atoms with Crippen LogP contribution >= 0.6 is 0 Å². The molecule has 1 saturated heterocycles. The van der Waals surface area contributed by atoms with Crippen molar-refractivity contribution in [3.63, 3.8) is 0 Å². The minimum Gasteiger partial charge on any atom is -0.494 e. The molecular formula is C20H26FNO5. The van der Waals surface area contributed by atoms with Gasteiger partial charge in [0, 0.05) is 13.1 Å². The fraction of sp³-hybridized carbons (Fsp3) is 0.500. The van der Waals surface area contributed by atoms with Crippen LogP contribution in [-0.2, 0) is 20.7 Å². The van der Waals surface area contributed by atoms with Gasteiger partial charge in [-0.1, -0.05) is 17.7 Å². The van der Waals surface area contributed by atoms with Gasteiger partial charge in [-0.15, -0.1) is 0 Å². The van der Waals surface area contributed by atoms with E-state index in [1.165, 1.54) is 18.7 Å². The Bertz CT molecular complexity index is 696. The lowest BCUT2D eigenvalue weighted by atomic mass is 9.87. The molecule has 3 rings (SSSR count). The van der Waals surface area contributed by atoms with E-state index in [2.05, 4.69) is 13.0 Å². The predicted molar refractivity (Wildman–Crippen MR) is 98.2 cm³/mol. The number of methoxy groups -OCH3 is 1. The molecule has 6 nitrogen and oxygen atoms in total. The van der Waals surface area contributed by atoms with Crippen molar-refractivity contribution in [3.8, 4) is 5.75 Å². The van der Waals surface area contributed by atoms with Crippen LogP contribution in [0.1, 0.15) is 31.7 Å². The van der Waals surface area contributed by atoms with E-state index in [-0.39, 0.29) is 30.2 Å². The minimum atomic E-state index is -0.434. The number of carbonyl (C=O) groups excluding carboxylic acids is 1. The number of halogens is 1. The zero-order valence-electron chi connectivity index (χ0n) is 15.7. The van der Waals surface area contributed by atoms with E-state index in [1.807, 2.05) is 4.90 Å². The van der Waals surface area contributed by atoms with Crippen molar-refractivity contribution in [2.45, 2.75) is 38.2 Å². The largest absolute Gasteiger partial charge is 0.494 e. The van der Waals surface area contributed by atoms with Gasteiger partial charge in [0.25, 0.3) is 6.47 Å². The quantitative estimate of drug-likeness (QED) is 0.646. The number of rotatable bonds is 3. The van der Waals surface area contributed by atoms with E-state index >= 15 is 0 Å². The highest BCUT2D eigenvalue weighted by Gasteiger charge is 2.36. The molecule has 7 heteroatoms. The first kappa shape index (κ1) is 20.9. The van der Waals surface area contributed by atoms with Crippen molar-refractivity contribution < 1.29 is 28.6 Å². The van der Waals surface area contributed by atoms with Gasteiger partial charge in [-0.25, -0.2) is 4.39 Å². The fourth-order valence-corrected chi connectivity index (χ4v) is 3.51. The average Bonchev–Trinajstić information content (AvgIpc) is 2.63. The summed E-state index contributed by atoms with van der Waals surface area (Å²) < 4.78 is 24.6. The smallest absolute Gasteiger partial charge is 0.290 e. The number of likely N-dealkylation sites (tertiary alicyclic amines) is 1. The maximum Gasteiger partial charge on any atom is 0.290 e. The van der Waals surface area contributed by atoms with Gasteiger partial charge in [-0.2, -0.15) is 0 Å². The van der Waals surface area contributed by atoms with Gasteiger partial charge in [-0.05, 0) is 43.9 Å². The molecule has 1 aromatic rings. The van der Waals surface area contributed by atoms with Gasteiger partial charge in [0.15, 0.2) is 11.6 Å². The molecule has 0 unspecified atom stereocenters. The molecule has 0 atom stereocenters. The first-order valence-electron chi connectivity index (χ1n) is 8.93. The van der Waals surface area contributed by atoms with Crippen LogP contribution in [0.4, 0.5) is 4.39 Å². The van der Waals surface area contributed by atoms with Crippen molar-refractivity contribution in [1.29, 1.82) is 0 Å². The molecule has 0 aliphatic carbocycles. The zero-order valence-corrected chi connectivity index (χ0v) is 15.7. The Morgan fingerprint density at radius 3 is 2.63 bits per heavy atom. The number of ether oxygens (including phenoxy) is 2. The summed E-state index contributed by atoms with van der Waals surface area (Å²) >= 11 is 0. The minimum absolute atomic E-state index is 0.0333. The molecule has 1 fully saturated rings. The van der Waals surface area contributed by atoms with Gasteiger partial charge < -0.3 is 19.5 Å². The number of hydrogen-bond acceptors (Lipinski definition) is 4. The molecule has 1 N–H and O–H groups in total. The molecule has 2 aliphatic heterocycles. The monoisotopic (exact) mass is 379 g/mol. The number of nitrogens with zero attached hydrogens (tertiary/aromatic N) is 1. The number of benzene rings is 1. The Labute approximate surface area is 158 Å². The van der Waals surface area contributed by atoms with Crippen molar-refractivity contribution in [1.82, 2.24) is 4.90 Å². The summed E-state index contributed by atoms with van der Waals surface area (Å²) in [5, 5.41) is 6.89. The van der Waals surface area contributed by atoms with Crippen molar-refractivity contribution in [2.24, 2.45) is 0 Å². The molecule has 0 bridgehead atoms. The number of carboxylic acid groups (broad SMARTS) is 1. The molecule has 0 saturated carbocycles. The fourth-order valence-electron chi connectivity index (χ4n) is 3.51. The normalized spacial score (nSPS) is 18.2. The molecule has 0 aromatic heterocycles. The lowest BCUT2D eigenvalue weighted by Gasteiger charge is -2.42. The SMILES string of the molecule is COc1ccc(CC(=O)N2CCC3(C=C(C)CCO3)CC2)cc1F.O=CO. The molecule has 1 spiro atoms. The first-order valence-corrected chi connectivity index (χ1v) is 8.93. The second-order valence-corrected chi connectivity index (χ2v) is 6.79. The molecule has 1 aromatic carbocycles. The Morgan fingerprint density at radius 2 is 2.07 bits per heavy atom. The van der Waals surface area contributed by atoms with Gasteiger partial charge >= 0.3 is 0 Å². The maximum atomic E-state index is 13.7. The second kappa shape index (κ2) is 9.50. The van der Waals surface area contributed by atoms with Crippen LogP contribution in [0.3, 0.4) is 0 Å². The highest BCUT2D eigenvalue weighted by atomic mass is 19.1. The lowest BCUT2D eigenvalue weighted by Crippen LogP contribution is -2.48. The van der Waals surface area contributed by atoms with E-state index in [0.29, 0.717) is 18.7 Å². The highest BCUT2D eigenvalue weighted by molar-refractivity contribution is 5.79. The summed E-state index contributed by atoms with van der Waals surface area (Å²) in [5.74, 6) is -0.203. The topological polar surface area (TPSA) is 76.1 Å². The highest BCUT2D eigenvalue weighted by Crippen LogP contribution is 2.33. The average molecular weight is 379 g/mol. The molecular weight excluding hydrogens is 353 g/mol. The molecule has 2 aliphatic rings. The number of amides is 1. The Morgan fingerprint density at radius 1 is 1.41 bits per heavy atom. The summed E-state index contributed by atoms with van der Waals surface area (Å²) in [4.78, 5) is 22.7. The lowest BCUT2D eigenvalue weighted by molar-refractivity contribution is -0.135. The molecule has 27 heavy (non-hydrogen) atoms. The summed E-state index contributed by atoms with van der Waals surface area (Å²) in [5.41, 5.74) is 1.85. The van der Waals surface area contributed by atoms with Crippen LogP contribution in [0.5, 0.6) is 5.75 Å². The predicted octanol–water partition coefficient (Wildman–Crippen LogP) is 2.81. The van der Waals surface area contributed by atoms with Gasteiger partial charge in [-0.3, -0.25) is 9.59 Å². The van der Waals surface area contributed by atoms with E-state index in [9.17, 15) is 9.18 Å². The maximum absolute atomic E-state index is 13.7. The van der Waals surface area contributed by atoms with Crippen LogP contribution < -0.4 is 4.74 Å². The molecule has 1 amide bonds. The Hall–Kier alpha value is -2.41. The van der Waals surface area contributed by atoms with Crippen LogP contribution in [0.15, 0.2) is 29.8 Å². The standard InChI is InChI=1S/C19H24FNO3.CH2O2/c1-14-5-10-24-19(13-14)6-8-21(9-7-19)18(22)12-15-3-4-17(23-2)16(20)11-15;2-1-3/h3-4,11,13H,5-10,12H2,1-2H3;1H,(H,2,3). The van der Waals surface area contributed by atoms with Crippen LogP contribution in [-0.4, -0.2) is 54.8 Å². The van der Waals surface area contributed by atoms with E-state index < -0.39 is 5.82 Å². The van der Waals surface area contributed by atoms with Gasteiger partial charge in [0.1, 0.15) is 0 Å². The summed E-state index contributed by atoms with van der Waals surface area (Å²) in [7, 11) is 1.43. The summed E-state index contributed by atoms with van der Waals surface area (Å²) in [6, 6.07) is 4.67. The third kappa shape index (κ3) is 5.53. The van der Waals surface area contributed by atoms with E-state index in [4.69, 9.17) is 19.4 Å². The summed E-state index contributed by atoms with van der Waals surface area (Å²) in [6.07, 6.45) is 5.09. The molecule has 2 heterocycles. The first-order chi connectivity index (χ1) is 12.9. The van der Waals surface area contributed by atoms with Crippen molar-refractivity contribution in [2.75, 3.05) is 26.8 Å². The van der Waals surface area contributed by atoms with Crippen molar-refractivity contribution in [3.05, 3.63) is 41.2 Å². The Kier molecular flexibility index (Phi) is 7.36. The molecule has 148 valence electrons. The Balaban J connectivity index is 0.000000817. The zero-order chi connectivity index (χ0) is 19.9. The van der Waals surface area contributed by atoms with E-state index in [1.54, 1.807) is 12.1 Å². The number of piperidine rings is 1.